The summed E-state index contributed by atoms with van der Waals surface area (Å²) in [5.41, 5.74) is 2.37. The molecule has 1 aromatic heterocycles. The number of benzene rings is 1. The van der Waals surface area contributed by atoms with Gasteiger partial charge in [0.15, 0.2) is 0 Å². The predicted octanol–water partition coefficient (Wildman–Crippen LogP) is 3.36. The van der Waals surface area contributed by atoms with E-state index in [1.165, 1.54) is 0 Å². The van der Waals surface area contributed by atoms with Crippen LogP contribution in [-0.2, 0) is 4.84 Å². The number of rotatable bonds is 7. The maximum absolute atomic E-state index is 10.0. The maximum Gasteiger partial charge on any atom is 0.144 e. The van der Waals surface area contributed by atoms with E-state index in [9.17, 15) is 5.11 Å². The Balaban J connectivity index is 2.10. The first kappa shape index (κ1) is 19.6. The van der Waals surface area contributed by atoms with E-state index >= 15 is 0 Å². The number of nitrogens with zero attached hydrogens (tertiary/aromatic N) is 2. The molecule has 0 aliphatic carbocycles. The van der Waals surface area contributed by atoms with Gasteiger partial charge in [-0.15, -0.1) is 0 Å². The Bertz CT molecular complexity index is 699. The fourth-order valence-electron chi connectivity index (χ4n) is 2.08. The number of aliphatic hydroxyl groups is 1. The van der Waals surface area contributed by atoms with Crippen LogP contribution in [0, 0.1) is 0 Å². The molecule has 2 N–H and O–H groups in total. The summed E-state index contributed by atoms with van der Waals surface area (Å²) in [5.74, 6) is 0. The Morgan fingerprint density at radius 1 is 1.24 bits per heavy atom. The smallest absolute Gasteiger partial charge is 0.144 e. The molecule has 0 bridgehead atoms. The van der Waals surface area contributed by atoms with Gasteiger partial charge in [0, 0.05) is 40.1 Å². The molecule has 0 fully saturated rings. The number of hydrogen-bond acceptors (Lipinski definition) is 5. The number of aromatic nitrogens is 1. The largest absolute Gasteiger partial charge is 0.392 e. The fourth-order valence-corrected chi connectivity index (χ4v) is 2.45. The molecule has 134 valence electrons. The van der Waals surface area contributed by atoms with Crippen LogP contribution in [0.1, 0.15) is 31.9 Å². The van der Waals surface area contributed by atoms with E-state index in [2.05, 4.69) is 31.4 Å². The second-order valence-electron chi connectivity index (χ2n) is 6.78. The van der Waals surface area contributed by atoms with Crippen molar-refractivity contribution in [2.75, 3.05) is 13.2 Å². The van der Waals surface area contributed by atoms with Crippen LogP contribution in [0.25, 0.3) is 0 Å². The van der Waals surface area contributed by atoms with Crippen LogP contribution in [0.5, 0.6) is 0 Å². The van der Waals surface area contributed by atoms with Crippen molar-refractivity contribution in [3.8, 4) is 0 Å². The third-order valence-corrected chi connectivity index (χ3v) is 3.75. The van der Waals surface area contributed by atoms with Gasteiger partial charge in [0.1, 0.15) is 18.4 Å². The van der Waals surface area contributed by atoms with Gasteiger partial charge in [-0.3, -0.25) is 4.98 Å². The molecule has 0 saturated heterocycles. The van der Waals surface area contributed by atoms with E-state index in [0.29, 0.717) is 12.3 Å². The highest BCUT2D eigenvalue weighted by Crippen LogP contribution is 2.15. The second-order valence-corrected chi connectivity index (χ2v) is 7.69. The summed E-state index contributed by atoms with van der Waals surface area (Å²) >= 11 is 3.43. The highest BCUT2D eigenvalue weighted by atomic mass is 79.9. The van der Waals surface area contributed by atoms with Gasteiger partial charge in [-0.05, 0) is 42.8 Å². The summed E-state index contributed by atoms with van der Waals surface area (Å²) in [4.78, 5) is 9.61. The van der Waals surface area contributed by atoms with Crippen LogP contribution in [0.3, 0.4) is 0 Å². The molecule has 0 unspecified atom stereocenters. The number of halogens is 1. The lowest BCUT2D eigenvalue weighted by Crippen LogP contribution is -2.42. The van der Waals surface area contributed by atoms with Gasteiger partial charge in [0.25, 0.3) is 0 Å². The van der Waals surface area contributed by atoms with Crippen molar-refractivity contribution in [2.24, 2.45) is 5.16 Å². The highest BCUT2D eigenvalue weighted by Gasteiger charge is 2.13. The van der Waals surface area contributed by atoms with Crippen molar-refractivity contribution in [1.82, 2.24) is 10.3 Å². The van der Waals surface area contributed by atoms with E-state index in [1.54, 1.807) is 12.4 Å². The molecule has 1 heterocycles. The lowest BCUT2D eigenvalue weighted by atomic mass is 10.0. The Morgan fingerprint density at radius 2 is 1.96 bits per heavy atom. The predicted molar refractivity (Wildman–Crippen MR) is 104 cm³/mol. The van der Waals surface area contributed by atoms with E-state index in [0.717, 1.165) is 15.6 Å². The van der Waals surface area contributed by atoms with Crippen molar-refractivity contribution in [2.45, 2.75) is 32.4 Å². The Hall–Kier alpha value is -1.76. The minimum absolute atomic E-state index is 0.0541. The zero-order valence-electron chi connectivity index (χ0n) is 14.7. The van der Waals surface area contributed by atoms with Gasteiger partial charge in [-0.2, -0.15) is 0 Å². The molecule has 0 aliphatic heterocycles. The Morgan fingerprint density at radius 3 is 2.60 bits per heavy atom. The van der Waals surface area contributed by atoms with Crippen LogP contribution in [0.2, 0.25) is 0 Å². The summed E-state index contributed by atoms with van der Waals surface area (Å²) in [7, 11) is 0. The van der Waals surface area contributed by atoms with E-state index in [1.807, 2.05) is 57.2 Å². The number of β-amino-alcohol motifs (C(OH)–C–C–N with tert-alkyl or cyclic N) is 1. The van der Waals surface area contributed by atoms with Gasteiger partial charge in [-0.1, -0.05) is 35.5 Å². The molecule has 0 spiro atoms. The van der Waals surface area contributed by atoms with Crippen molar-refractivity contribution in [3.05, 3.63) is 64.4 Å². The standard InChI is InChI=1S/C19H24BrN3O2/c1-19(2,3)22-12-17(24)13-25-23-18(14-7-5-4-6-8-14)15-9-16(20)11-21-10-15/h4-11,17,22,24H,12-13H2,1-3H3/t17-/m0/s1. The van der Waals surface area contributed by atoms with Gasteiger partial charge in [0.05, 0.1) is 0 Å². The first-order valence-corrected chi connectivity index (χ1v) is 8.94. The lowest BCUT2D eigenvalue weighted by Gasteiger charge is -2.22. The molecule has 1 aromatic carbocycles. The monoisotopic (exact) mass is 405 g/mol. The number of aliphatic hydroxyl groups excluding tert-OH is 1. The molecule has 2 rings (SSSR count). The molecule has 6 heteroatoms. The molecule has 25 heavy (non-hydrogen) atoms. The van der Waals surface area contributed by atoms with Crippen molar-refractivity contribution < 1.29 is 9.94 Å². The van der Waals surface area contributed by atoms with E-state index < -0.39 is 6.10 Å². The Kier molecular flexibility index (Phi) is 7.11. The first-order chi connectivity index (χ1) is 11.8. The summed E-state index contributed by atoms with van der Waals surface area (Å²) in [6.07, 6.45) is 2.81. The number of oxime groups is 1. The number of hydrogen-bond donors (Lipinski definition) is 2. The molecule has 2 aromatic rings. The Labute approximate surface area is 157 Å². The topological polar surface area (TPSA) is 66.7 Å². The second kappa shape index (κ2) is 9.08. The molecular weight excluding hydrogens is 382 g/mol. The normalized spacial score (nSPS) is 13.6. The van der Waals surface area contributed by atoms with E-state index in [-0.39, 0.29) is 12.1 Å². The van der Waals surface area contributed by atoms with Crippen molar-refractivity contribution >= 4 is 21.6 Å². The zero-order valence-corrected chi connectivity index (χ0v) is 16.3. The summed E-state index contributed by atoms with van der Waals surface area (Å²) in [6.45, 7) is 6.70. The minimum atomic E-state index is -0.638. The molecular formula is C19H24BrN3O2. The SMILES string of the molecule is CC(C)(C)NC[C@H](O)CON=C(c1ccccc1)c1cncc(Br)c1. The molecule has 1 atom stereocenters. The van der Waals surface area contributed by atoms with Gasteiger partial charge < -0.3 is 15.3 Å². The lowest BCUT2D eigenvalue weighted by molar-refractivity contribution is 0.0374. The molecule has 0 aliphatic rings. The van der Waals surface area contributed by atoms with Crippen LogP contribution in [0.15, 0.2) is 58.4 Å². The maximum atomic E-state index is 10.0. The summed E-state index contributed by atoms with van der Waals surface area (Å²) in [5, 5.41) is 17.5. The highest BCUT2D eigenvalue weighted by molar-refractivity contribution is 9.10. The number of nitrogens with one attached hydrogen (secondary N) is 1. The molecule has 0 saturated carbocycles. The molecule has 5 nitrogen and oxygen atoms in total. The van der Waals surface area contributed by atoms with Gasteiger partial charge in [0.2, 0.25) is 0 Å². The van der Waals surface area contributed by atoms with Crippen LogP contribution in [0.4, 0.5) is 0 Å². The third kappa shape index (κ3) is 6.94. The average Bonchev–Trinajstić information content (AvgIpc) is 2.57. The molecule has 0 amide bonds. The van der Waals surface area contributed by atoms with Crippen molar-refractivity contribution in [3.63, 3.8) is 0 Å². The van der Waals surface area contributed by atoms with Crippen LogP contribution in [-0.4, -0.2) is 40.6 Å². The number of pyridine rings is 1. The average molecular weight is 406 g/mol. The van der Waals surface area contributed by atoms with Crippen LogP contribution < -0.4 is 5.32 Å². The van der Waals surface area contributed by atoms with Crippen molar-refractivity contribution in [1.29, 1.82) is 0 Å². The summed E-state index contributed by atoms with van der Waals surface area (Å²) < 4.78 is 0.864. The summed E-state index contributed by atoms with van der Waals surface area (Å²) in [6, 6.07) is 11.7. The van der Waals surface area contributed by atoms with Gasteiger partial charge in [-0.25, -0.2) is 0 Å². The third-order valence-electron chi connectivity index (χ3n) is 3.32. The fraction of sp³-hybridized carbons (Fsp3) is 0.368. The first-order valence-electron chi connectivity index (χ1n) is 8.14. The quantitative estimate of drug-likeness (QED) is 0.547. The zero-order chi connectivity index (χ0) is 18.3. The van der Waals surface area contributed by atoms with E-state index in [4.69, 9.17) is 4.84 Å². The minimum Gasteiger partial charge on any atom is -0.392 e. The molecule has 0 radical (unpaired) electrons. The van der Waals surface area contributed by atoms with Crippen LogP contribution >= 0.6 is 15.9 Å². The van der Waals surface area contributed by atoms with Gasteiger partial charge >= 0.3 is 0 Å².